The summed E-state index contributed by atoms with van der Waals surface area (Å²) in [7, 11) is 0. The van der Waals surface area contributed by atoms with Gasteiger partial charge in [-0.3, -0.25) is 9.69 Å². The summed E-state index contributed by atoms with van der Waals surface area (Å²) in [5, 5.41) is 13.4. The first-order valence-corrected chi connectivity index (χ1v) is 12.0. The maximum Gasteiger partial charge on any atom is 0.252 e. The van der Waals surface area contributed by atoms with Crippen molar-refractivity contribution in [2.24, 2.45) is 5.92 Å². The van der Waals surface area contributed by atoms with Crippen LogP contribution in [0.25, 0.3) is 10.9 Å². The third-order valence-corrected chi connectivity index (χ3v) is 7.39. The average Bonchev–Trinajstić information content (AvgIpc) is 3.46. The van der Waals surface area contributed by atoms with E-state index in [2.05, 4.69) is 27.5 Å². The molecule has 0 spiro atoms. The number of nitriles is 1. The smallest absolute Gasteiger partial charge is 0.252 e. The Balaban J connectivity index is 1.18. The second kappa shape index (κ2) is 8.24. The number of nitrogens with one attached hydrogen (secondary N) is 2. The molecule has 168 valence electrons. The lowest BCUT2D eigenvalue weighted by molar-refractivity contribution is 0.0954. The van der Waals surface area contributed by atoms with Gasteiger partial charge in [0, 0.05) is 41.8 Å². The zero-order valence-corrected chi connectivity index (χ0v) is 18.7. The zero-order valence-electron chi connectivity index (χ0n) is 18.7. The van der Waals surface area contributed by atoms with Crippen molar-refractivity contribution in [2.75, 3.05) is 19.7 Å². The number of H-pyrrole nitrogens is 1. The normalized spacial score (nSPS) is 19.2. The van der Waals surface area contributed by atoms with E-state index in [1.54, 1.807) is 0 Å². The van der Waals surface area contributed by atoms with E-state index in [0.29, 0.717) is 24.8 Å². The molecule has 1 fully saturated rings. The number of benzene rings is 2. The van der Waals surface area contributed by atoms with Gasteiger partial charge >= 0.3 is 0 Å². The maximum atomic E-state index is 12.5. The minimum absolute atomic E-state index is 0.0379. The lowest BCUT2D eigenvalue weighted by Gasteiger charge is -2.36. The monoisotopic (exact) mass is 440 g/mol. The Kier molecular flexibility index (Phi) is 5.07. The number of nitrogens with zero attached hydrogens (tertiary/aromatic N) is 2. The van der Waals surface area contributed by atoms with Crippen molar-refractivity contribution in [3.63, 3.8) is 0 Å². The standard InChI is InChI=1S/C27H28N4O2/c28-12-18-5-7-24-22(10-18)19(13-29-24)2-1-9-31(15-17-3-4-17)21-11-23-25(33-16-21)8-6-20-14-30-27(32)26(20)23/h5-8,10,13,17,21,29H,1-4,9,11,14-16H2,(H,30,32)/t21-/m0/s1. The first kappa shape index (κ1) is 20.3. The fourth-order valence-corrected chi connectivity index (χ4v) is 5.41. The molecule has 1 saturated carbocycles. The lowest BCUT2D eigenvalue weighted by atomic mass is 9.93. The number of aryl methyl sites for hydroxylation is 1. The van der Waals surface area contributed by atoms with E-state index in [-0.39, 0.29) is 5.91 Å². The molecule has 33 heavy (non-hydrogen) atoms. The molecule has 6 heteroatoms. The molecule has 3 aromatic rings. The largest absolute Gasteiger partial charge is 0.492 e. The number of carbonyl (C=O) groups is 1. The summed E-state index contributed by atoms with van der Waals surface area (Å²) in [5.41, 5.74) is 6.08. The second-order valence-corrected chi connectivity index (χ2v) is 9.66. The summed E-state index contributed by atoms with van der Waals surface area (Å²) in [6.45, 7) is 3.41. The number of hydrogen-bond donors (Lipinski definition) is 2. The van der Waals surface area contributed by atoms with Crippen molar-refractivity contribution >= 4 is 16.8 Å². The summed E-state index contributed by atoms with van der Waals surface area (Å²) >= 11 is 0. The first-order chi connectivity index (χ1) is 16.2. The second-order valence-electron chi connectivity index (χ2n) is 9.66. The Morgan fingerprint density at radius 2 is 2.12 bits per heavy atom. The van der Waals surface area contributed by atoms with Crippen molar-refractivity contribution < 1.29 is 9.53 Å². The summed E-state index contributed by atoms with van der Waals surface area (Å²) < 4.78 is 6.17. The van der Waals surface area contributed by atoms with Gasteiger partial charge in [0.1, 0.15) is 12.4 Å². The van der Waals surface area contributed by atoms with Crippen LogP contribution in [0.4, 0.5) is 0 Å². The minimum atomic E-state index is 0.0379. The summed E-state index contributed by atoms with van der Waals surface area (Å²) in [6.07, 6.45) is 7.61. The fourth-order valence-electron chi connectivity index (χ4n) is 5.41. The highest BCUT2D eigenvalue weighted by atomic mass is 16.5. The molecule has 6 nitrogen and oxygen atoms in total. The number of rotatable bonds is 7. The third-order valence-electron chi connectivity index (χ3n) is 7.39. The molecule has 2 aliphatic heterocycles. The van der Waals surface area contributed by atoms with Crippen LogP contribution in [0, 0.1) is 17.2 Å². The highest BCUT2D eigenvalue weighted by Gasteiger charge is 2.34. The van der Waals surface area contributed by atoms with Gasteiger partial charge in [0.15, 0.2) is 0 Å². The molecule has 1 amide bonds. The summed E-state index contributed by atoms with van der Waals surface area (Å²) in [4.78, 5) is 18.4. The van der Waals surface area contributed by atoms with Gasteiger partial charge in [-0.05, 0) is 80.0 Å². The van der Waals surface area contributed by atoms with Crippen LogP contribution in [-0.4, -0.2) is 41.5 Å². The van der Waals surface area contributed by atoms with Gasteiger partial charge in [-0.1, -0.05) is 6.07 Å². The van der Waals surface area contributed by atoms with Gasteiger partial charge in [-0.25, -0.2) is 0 Å². The lowest BCUT2D eigenvalue weighted by Crippen LogP contribution is -2.45. The third kappa shape index (κ3) is 3.87. The molecule has 1 aliphatic carbocycles. The van der Waals surface area contributed by atoms with Crippen LogP contribution in [0.1, 0.15) is 51.9 Å². The Morgan fingerprint density at radius 1 is 1.21 bits per heavy atom. The van der Waals surface area contributed by atoms with Gasteiger partial charge in [-0.15, -0.1) is 0 Å². The molecule has 1 atom stereocenters. The van der Waals surface area contributed by atoms with Crippen molar-refractivity contribution in [1.29, 1.82) is 5.26 Å². The number of fused-ring (bicyclic) bond motifs is 4. The van der Waals surface area contributed by atoms with Gasteiger partial charge in [0.05, 0.1) is 17.2 Å². The highest BCUT2D eigenvalue weighted by Crippen LogP contribution is 2.36. The predicted octanol–water partition coefficient (Wildman–Crippen LogP) is 3.93. The van der Waals surface area contributed by atoms with Crippen LogP contribution in [0.2, 0.25) is 0 Å². The van der Waals surface area contributed by atoms with Crippen LogP contribution >= 0.6 is 0 Å². The van der Waals surface area contributed by atoms with Gasteiger partial charge in [0.25, 0.3) is 5.91 Å². The van der Waals surface area contributed by atoms with Crippen LogP contribution in [0.15, 0.2) is 36.5 Å². The molecular weight excluding hydrogens is 412 g/mol. The molecule has 0 radical (unpaired) electrons. The van der Waals surface area contributed by atoms with E-state index in [1.165, 1.54) is 18.4 Å². The Labute approximate surface area is 193 Å². The van der Waals surface area contributed by atoms with Crippen LogP contribution in [0.5, 0.6) is 5.75 Å². The predicted molar refractivity (Wildman–Crippen MR) is 126 cm³/mol. The molecule has 0 bridgehead atoms. The summed E-state index contributed by atoms with van der Waals surface area (Å²) in [6, 6.07) is 12.4. The number of amides is 1. The van der Waals surface area contributed by atoms with Crippen molar-refractivity contribution in [1.82, 2.24) is 15.2 Å². The Bertz CT molecular complexity index is 1270. The van der Waals surface area contributed by atoms with Gasteiger partial charge in [-0.2, -0.15) is 5.26 Å². The van der Waals surface area contributed by atoms with E-state index >= 15 is 0 Å². The molecule has 3 aliphatic rings. The van der Waals surface area contributed by atoms with E-state index < -0.39 is 0 Å². The SMILES string of the molecule is N#Cc1ccc2[nH]cc(CCCN(CC3CC3)[C@@H]3COc4ccc5c(c4C3)C(=O)NC5)c2c1. The highest BCUT2D eigenvalue weighted by molar-refractivity contribution is 6.00. The zero-order chi connectivity index (χ0) is 22.4. The van der Waals surface area contributed by atoms with E-state index in [0.717, 1.165) is 71.6 Å². The van der Waals surface area contributed by atoms with Gasteiger partial charge in [0.2, 0.25) is 0 Å². The molecule has 0 unspecified atom stereocenters. The van der Waals surface area contributed by atoms with Crippen LogP contribution in [0.3, 0.4) is 0 Å². The number of carbonyl (C=O) groups excluding carboxylic acids is 1. The van der Waals surface area contributed by atoms with E-state index in [4.69, 9.17) is 4.74 Å². The molecule has 2 N–H and O–H groups in total. The van der Waals surface area contributed by atoms with Crippen LogP contribution < -0.4 is 10.1 Å². The molecule has 0 saturated heterocycles. The molecule has 6 rings (SSSR count). The number of hydrogen-bond acceptors (Lipinski definition) is 4. The van der Waals surface area contributed by atoms with Crippen molar-refractivity contribution in [3.05, 3.63) is 64.3 Å². The van der Waals surface area contributed by atoms with Gasteiger partial charge < -0.3 is 15.0 Å². The topological polar surface area (TPSA) is 81.2 Å². The van der Waals surface area contributed by atoms with Crippen molar-refractivity contribution in [3.8, 4) is 11.8 Å². The Morgan fingerprint density at radius 3 is 2.97 bits per heavy atom. The van der Waals surface area contributed by atoms with E-state index in [9.17, 15) is 10.1 Å². The first-order valence-electron chi connectivity index (χ1n) is 12.0. The molecular formula is C27H28N4O2. The average molecular weight is 441 g/mol. The fraction of sp³-hybridized carbons (Fsp3) is 0.407. The molecule has 3 heterocycles. The van der Waals surface area contributed by atoms with Crippen molar-refractivity contribution in [2.45, 2.75) is 44.7 Å². The maximum absolute atomic E-state index is 12.5. The number of ether oxygens (including phenoxy) is 1. The minimum Gasteiger partial charge on any atom is -0.492 e. The molecule has 2 aromatic carbocycles. The quantitative estimate of drug-likeness (QED) is 0.583. The number of aromatic amines is 1. The molecule has 1 aromatic heterocycles. The van der Waals surface area contributed by atoms with E-state index in [1.807, 2.05) is 30.3 Å². The summed E-state index contributed by atoms with van der Waals surface area (Å²) in [5.74, 6) is 1.71. The van der Waals surface area contributed by atoms with Crippen LogP contribution in [-0.2, 0) is 19.4 Å². The number of aromatic nitrogens is 1. The Hall–Kier alpha value is -3.30.